The summed E-state index contributed by atoms with van der Waals surface area (Å²) in [6.45, 7) is 5.80. The fourth-order valence-electron chi connectivity index (χ4n) is 1.19. The molecule has 0 aliphatic heterocycles. The zero-order valence-corrected chi connectivity index (χ0v) is 8.16. The van der Waals surface area contributed by atoms with Crippen LogP contribution < -0.4 is 0 Å². The summed E-state index contributed by atoms with van der Waals surface area (Å²) < 4.78 is 0. The molecule has 0 aliphatic carbocycles. The van der Waals surface area contributed by atoms with Crippen molar-refractivity contribution in [2.24, 2.45) is 0 Å². The molecule has 1 aromatic rings. The first kappa shape index (κ1) is 9.79. The third-order valence-electron chi connectivity index (χ3n) is 2.06. The molecule has 0 bridgehead atoms. The van der Waals surface area contributed by atoms with Crippen LogP contribution in [0.4, 0.5) is 0 Å². The summed E-state index contributed by atoms with van der Waals surface area (Å²) in [5.41, 5.74) is 2.66. The predicted molar refractivity (Wildman–Crippen MR) is 58.7 cm³/mol. The van der Waals surface area contributed by atoms with Crippen LogP contribution in [0.3, 0.4) is 0 Å². The van der Waals surface area contributed by atoms with Gasteiger partial charge in [-0.1, -0.05) is 54.6 Å². The van der Waals surface area contributed by atoms with E-state index in [-0.39, 0.29) is 0 Å². The summed E-state index contributed by atoms with van der Waals surface area (Å²) in [7, 11) is 0. The smallest absolute Gasteiger partial charge is 0.0244 e. The van der Waals surface area contributed by atoms with Gasteiger partial charge in [-0.3, -0.25) is 0 Å². The Balaban J connectivity index is 2.40. The van der Waals surface area contributed by atoms with Gasteiger partial charge in [0.2, 0.25) is 0 Å². The van der Waals surface area contributed by atoms with Gasteiger partial charge in [0.1, 0.15) is 0 Å². The molecule has 0 aliphatic rings. The largest absolute Gasteiger partial charge is 0.0988 e. The second-order valence-electron chi connectivity index (χ2n) is 3.18. The molecule has 0 heterocycles. The van der Waals surface area contributed by atoms with Gasteiger partial charge in [-0.15, -0.1) is 0 Å². The number of hydrogen-bond donors (Lipinski definition) is 0. The topological polar surface area (TPSA) is 0 Å². The van der Waals surface area contributed by atoms with Crippen molar-refractivity contribution in [1.82, 2.24) is 0 Å². The minimum absolute atomic E-state index is 1.10. The van der Waals surface area contributed by atoms with Crippen LogP contribution in [0.25, 0.3) is 0 Å². The van der Waals surface area contributed by atoms with Gasteiger partial charge in [-0.05, 0) is 25.3 Å². The first-order valence-corrected chi connectivity index (χ1v) is 4.66. The van der Waals surface area contributed by atoms with Crippen molar-refractivity contribution in [2.45, 2.75) is 19.8 Å². The summed E-state index contributed by atoms with van der Waals surface area (Å²) in [6, 6.07) is 10.5. The minimum Gasteiger partial charge on any atom is -0.0988 e. The lowest BCUT2D eigenvalue weighted by Gasteiger charge is -1.97. The van der Waals surface area contributed by atoms with Crippen molar-refractivity contribution in [3.8, 4) is 0 Å². The van der Waals surface area contributed by atoms with Crippen LogP contribution in [0.5, 0.6) is 0 Å². The molecule has 0 spiro atoms. The SMILES string of the molecule is C=C/C(C)=C/CCc1ccccc1. The normalized spacial score (nSPS) is 11.3. The molecule has 1 rings (SSSR count). The fraction of sp³-hybridized carbons (Fsp3) is 0.231. The van der Waals surface area contributed by atoms with Crippen LogP contribution in [0.1, 0.15) is 18.9 Å². The molecule has 0 fully saturated rings. The summed E-state index contributed by atoms with van der Waals surface area (Å²) >= 11 is 0. The second kappa shape index (κ2) is 5.36. The zero-order chi connectivity index (χ0) is 9.52. The van der Waals surface area contributed by atoms with E-state index in [1.54, 1.807) is 0 Å². The summed E-state index contributed by atoms with van der Waals surface area (Å²) in [5.74, 6) is 0. The molecule has 0 atom stereocenters. The van der Waals surface area contributed by atoms with Crippen molar-refractivity contribution in [3.63, 3.8) is 0 Å². The van der Waals surface area contributed by atoms with Gasteiger partial charge >= 0.3 is 0 Å². The Bertz CT molecular complexity index is 280. The maximum absolute atomic E-state index is 3.72. The monoisotopic (exact) mass is 172 g/mol. The maximum atomic E-state index is 3.72. The van der Waals surface area contributed by atoms with E-state index < -0.39 is 0 Å². The molecular weight excluding hydrogens is 156 g/mol. The first-order chi connectivity index (χ1) is 6.33. The van der Waals surface area contributed by atoms with Gasteiger partial charge < -0.3 is 0 Å². The average Bonchev–Trinajstić information content (AvgIpc) is 2.19. The van der Waals surface area contributed by atoms with Crippen molar-refractivity contribution < 1.29 is 0 Å². The minimum atomic E-state index is 1.10. The molecule has 0 unspecified atom stereocenters. The third kappa shape index (κ3) is 3.75. The summed E-state index contributed by atoms with van der Waals surface area (Å²) in [6.07, 6.45) is 6.33. The molecule has 0 aromatic heterocycles. The highest BCUT2D eigenvalue weighted by Gasteiger charge is 1.88. The van der Waals surface area contributed by atoms with Crippen molar-refractivity contribution in [2.75, 3.05) is 0 Å². The maximum Gasteiger partial charge on any atom is -0.0244 e. The van der Waals surface area contributed by atoms with E-state index in [4.69, 9.17) is 0 Å². The Kier molecular flexibility index (Phi) is 4.04. The van der Waals surface area contributed by atoms with Gasteiger partial charge in [-0.25, -0.2) is 0 Å². The van der Waals surface area contributed by atoms with Crippen LogP contribution in [0, 0.1) is 0 Å². The Morgan fingerprint density at radius 2 is 2.00 bits per heavy atom. The zero-order valence-electron chi connectivity index (χ0n) is 8.16. The van der Waals surface area contributed by atoms with Gasteiger partial charge in [-0.2, -0.15) is 0 Å². The summed E-state index contributed by atoms with van der Waals surface area (Å²) in [5, 5.41) is 0. The molecule has 13 heavy (non-hydrogen) atoms. The first-order valence-electron chi connectivity index (χ1n) is 4.66. The van der Waals surface area contributed by atoms with E-state index in [9.17, 15) is 0 Å². The third-order valence-corrected chi connectivity index (χ3v) is 2.06. The fourth-order valence-corrected chi connectivity index (χ4v) is 1.19. The lowest BCUT2D eigenvalue weighted by molar-refractivity contribution is 0.994. The van der Waals surface area contributed by atoms with Crippen LogP contribution in [-0.4, -0.2) is 0 Å². The van der Waals surface area contributed by atoms with Crippen molar-refractivity contribution >= 4 is 0 Å². The van der Waals surface area contributed by atoms with Gasteiger partial charge in [0.25, 0.3) is 0 Å². The van der Waals surface area contributed by atoms with Crippen LogP contribution in [0.2, 0.25) is 0 Å². The van der Waals surface area contributed by atoms with E-state index in [1.807, 2.05) is 12.1 Å². The van der Waals surface area contributed by atoms with E-state index in [2.05, 4.69) is 43.8 Å². The molecule has 0 saturated carbocycles. The van der Waals surface area contributed by atoms with Gasteiger partial charge in [0, 0.05) is 0 Å². The Morgan fingerprint density at radius 3 is 2.62 bits per heavy atom. The molecule has 0 heteroatoms. The molecular formula is C13H16. The lowest BCUT2D eigenvalue weighted by atomic mass is 10.1. The molecule has 0 saturated heterocycles. The second-order valence-corrected chi connectivity index (χ2v) is 3.18. The van der Waals surface area contributed by atoms with Gasteiger partial charge in [0.05, 0.1) is 0 Å². The quantitative estimate of drug-likeness (QED) is 0.607. The molecule has 0 nitrogen and oxygen atoms in total. The number of allylic oxidation sites excluding steroid dienone is 3. The summed E-state index contributed by atoms with van der Waals surface area (Å²) in [4.78, 5) is 0. The molecule has 0 N–H and O–H groups in total. The Morgan fingerprint density at radius 1 is 1.31 bits per heavy atom. The highest BCUT2D eigenvalue weighted by molar-refractivity contribution is 5.17. The molecule has 0 amide bonds. The molecule has 68 valence electrons. The highest BCUT2D eigenvalue weighted by atomic mass is 13.9. The van der Waals surface area contributed by atoms with Crippen molar-refractivity contribution in [3.05, 3.63) is 60.2 Å². The highest BCUT2D eigenvalue weighted by Crippen LogP contribution is 2.04. The van der Waals surface area contributed by atoms with E-state index >= 15 is 0 Å². The number of benzene rings is 1. The number of aryl methyl sites for hydroxylation is 1. The van der Waals surface area contributed by atoms with Gasteiger partial charge in [0.15, 0.2) is 0 Å². The van der Waals surface area contributed by atoms with E-state index in [0.29, 0.717) is 0 Å². The Hall–Kier alpha value is -1.30. The standard InChI is InChI=1S/C13H16/c1-3-12(2)8-7-11-13-9-5-4-6-10-13/h3-6,8-10H,1,7,11H2,2H3/b12-8+. The average molecular weight is 172 g/mol. The predicted octanol–water partition coefficient (Wildman–Crippen LogP) is 3.75. The van der Waals surface area contributed by atoms with E-state index in [0.717, 1.165) is 12.8 Å². The lowest BCUT2D eigenvalue weighted by Crippen LogP contribution is -1.81. The number of hydrogen-bond acceptors (Lipinski definition) is 0. The van der Waals surface area contributed by atoms with Crippen molar-refractivity contribution in [1.29, 1.82) is 0 Å². The van der Waals surface area contributed by atoms with Crippen LogP contribution >= 0.6 is 0 Å². The molecule has 0 radical (unpaired) electrons. The van der Waals surface area contributed by atoms with E-state index in [1.165, 1.54) is 11.1 Å². The Labute approximate surface area is 80.6 Å². The number of rotatable bonds is 4. The van der Waals surface area contributed by atoms with Crippen LogP contribution in [0.15, 0.2) is 54.6 Å². The van der Waals surface area contributed by atoms with Crippen LogP contribution in [-0.2, 0) is 6.42 Å². The molecule has 1 aromatic carbocycles.